The summed E-state index contributed by atoms with van der Waals surface area (Å²) in [7, 11) is 0. The maximum Gasteiger partial charge on any atom is 0.339 e. The van der Waals surface area contributed by atoms with Crippen molar-refractivity contribution >= 4 is 40.7 Å². The first-order valence-corrected chi connectivity index (χ1v) is 10.4. The molecule has 0 fully saturated rings. The van der Waals surface area contributed by atoms with Gasteiger partial charge >= 0.3 is 5.97 Å². The lowest BCUT2D eigenvalue weighted by atomic mass is 10.1. The van der Waals surface area contributed by atoms with Crippen LogP contribution in [-0.4, -0.2) is 24.2 Å². The van der Waals surface area contributed by atoms with Crippen molar-refractivity contribution in [2.45, 2.75) is 10.9 Å². The largest absolute Gasteiger partial charge is 0.452 e. The van der Waals surface area contributed by atoms with E-state index in [1.807, 2.05) is 60.0 Å². The molecule has 4 nitrogen and oxygen atoms in total. The van der Waals surface area contributed by atoms with E-state index >= 15 is 0 Å². The highest BCUT2D eigenvalue weighted by Crippen LogP contribution is 2.43. The summed E-state index contributed by atoms with van der Waals surface area (Å²) in [4.78, 5) is 28.0. The molecule has 2 aromatic carbocycles. The maximum atomic E-state index is 13.1. The fraction of sp³-hybridized carbons (Fsp3) is 0.143. The number of carbonyl (C=O) groups is 2. The first-order chi connectivity index (χ1) is 13.2. The van der Waals surface area contributed by atoms with Crippen LogP contribution in [0.15, 0.2) is 76.3 Å². The third-order valence-electron chi connectivity index (χ3n) is 4.37. The third-order valence-corrected chi connectivity index (χ3v) is 6.19. The quantitative estimate of drug-likeness (QED) is 0.596. The molecule has 2 heterocycles. The Labute approximate surface area is 165 Å². The standard InChI is InChI=1S/C21H17NO3S2/c23-20(12-25-21(24)16-10-11-26-13-16)22-17-8-4-5-9-19(17)27-14-18(22)15-6-2-1-3-7-15/h1-11,13,18H,12,14H2/t18-/m0/s1. The van der Waals surface area contributed by atoms with Gasteiger partial charge in [-0.1, -0.05) is 42.5 Å². The lowest BCUT2D eigenvalue weighted by Crippen LogP contribution is -2.41. The number of nitrogens with zero attached hydrogens (tertiary/aromatic N) is 1. The first-order valence-electron chi connectivity index (χ1n) is 8.52. The molecular weight excluding hydrogens is 378 g/mol. The van der Waals surface area contributed by atoms with Gasteiger partial charge in [-0.2, -0.15) is 11.3 Å². The Morgan fingerprint density at radius 2 is 1.81 bits per heavy atom. The molecule has 0 radical (unpaired) electrons. The minimum atomic E-state index is -0.472. The van der Waals surface area contributed by atoms with E-state index in [1.54, 1.807) is 28.1 Å². The molecule has 1 aliphatic heterocycles. The highest BCUT2D eigenvalue weighted by atomic mass is 32.2. The molecular formula is C21H17NO3S2. The van der Waals surface area contributed by atoms with Crippen LogP contribution < -0.4 is 4.90 Å². The van der Waals surface area contributed by atoms with Crippen molar-refractivity contribution in [2.75, 3.05) is 17.3 Å². The van der Waals surface area contributed by atoms with Gasteiger partial charge in [-0.15, -0.1) is 11.8 Å². The number of fused-ring (bicyclic) bond motifs is 1. The molecule has 0 saturated carbocycles. The second-order valence-corrected chi connectivity index (χ2v) is 7.90. The molecule has 0 bridgehead atoms. The van der Waals surface area contributed by atoms with Gasteiger partial charge in [0, 0.05) is 16.0 Å². The molecule has 0 saturated heterocycles. The van der Waals surface area contributed by atoms with Crippen LogP contribution in [0.25, 0.3) is 0 Å². The summed E-state index contributed by atoms with van der Waals surface area (Å²) in [6.07, 6.45) is 0. The highest BCUT2D eigenvalue weighted by molar-refractivity contribution is 7.99. The van der Waals surface area contributed by atoms with E-state index in [1.165, 1.54) is 11.3 Å². The minimum absolute atomic E-state index is 0.0987. The zero-order valence-corrected chi connectivity index (χ0v) is 16.0. The van der Waals surface area contributed by atoms with Crippen molar-refractivity contribution in [3.8, 4) is 0 Å². The van der Waals surface area contributed by atoms with E-state index in [4.69, 9.17) is 4.74 Å². The summed E-state index contributed by atoms with van der Waals surface area (Å²) in [6, 6.07) is 19.4. The Morgan fingerprint density at radius 3 is 2.59 bits per heavy atom. The molecule has 1 atom stereocenters. The number of thiophene rings is 1. The van der Waals surface area contributed by atoms with Crippen LogP contribution in [0.2, 0.25) is 0 Å². The van der Waals surface area contributed by atoms with Crippen molar-refractivity contribution in [3.63, 3.8) is 0 Å². The number of benzene rings is 2. The molecule has 4 rings (SSSR count). The number of carbonyl (C=O) groups excluding carboxylic acids is 2. The second-order valence-electron chi connectivity index (χ2n) is 6.06. The molecule has 6 heteroatoms. The smallest absolute Gasteiger partial charge is 0.339 e. The molecule has 0 unspecified atom stereocenters. The lowest BCUT2D eigenvalue weighted by molar-refractivity contribution is -0.122. The molecule has 1 aromatic heterocycles. The predicted molar refractivity (Wildman–Crippen MR) is 108 cm³/mol. The number of hydrogen-bond donors (Lipinski definition) is 0. The number of para-hydroxylation sites is 1. The van der Waals surface area contributed by atoms with Gasteiger partial charge in [0.2, 0.25) is 0 Å². The van der Waals surface area contributed by atoms with Crippen LogP contribution in [0, 0.1) is 0 Å². The van der Waals surface area contributed by atoms with Crippen LogP contribution >= 0.6 is 23.1 Å². The van der Waals surface area contributed by atoms with E-state index in [-0.39, 0.29) is 18.6 Å². The topological polar surface area (TPSA) is 46.6 Å². The van der Waals surface area contributed by atoms with Gasteiger partial charge in [0.25, 0.3) is 5.91 Å². The van der Waals surface area contributed by atoms with E-state index in [0.717, 1.165) is 21.9 Å². The minimum Gasteiger partial charge on any atom is -0.452 e. The zero-order chi connectivity index (χ0) is 18.6. The number of hydrogen-bond acceptors (Lipinski definition) is 5. The van der Waals surface area contributed by atoms with Gasteiger partial charge in [-0.25, -0.2) is 4.79 Å². The van der Waals surface area contributed by atoms with Gasteiger partial charge < -0.3 is 4.74 Å². The van der Waals surface area contributed by atoms with Gasteiger partial charge in [-0.05, 0) is 29.1 Å². The third kappa shape index (κ3) is 3.77. The SMILES string of the molecule is O=C(OCC(=O)N1c2ccccc2SC[C@H]1c1ccccc1)c1ccsc1. The molecule has 0 spiro atoms. The molecule has 3 aromatic rings. The van der Waals surface area contributed by atoms with Gasteiger partial charge in [0.05, 0.1) is 17.3 Å². The summed E-state index contributed by atoms with van der Waals surface area (Å²) in [5, 5.41) is 3.52. The molecule has 136 valence electrons. The van der Waals surface area contributed by atoms with E-state index in [0.29, 0.717) is 5.56 Å². The Hall–Kier alpha value is -2.57. The van der Waals surface area contributed by atoms with E-state index < -0.39 is 5.97 Å². The number of anilines is 1. The maximum absolute atomic E-state index is 13.1. The highest BCUT2D eigenvalue weighted by Gasteiger charge is 2.32. The molecule has 1 aliphatic rings. The number of rotatable bonds is 4. The normalized spacial score (nSPS) is 15.9. The molecule has 1 amide bonds. The summed E-state index contributed by atoms with van der Waals surface area (Å²) >= 11 is 3.15. The average molecular weight is 396 g/mol. The summed E-state index contributed by atoms with van der Waals surface area (Å²) in [6.45, 7) is -0.281. The van der Waals surface area contributed by atoms with Crippen molar-refractivity contribution in [1.82, 2.24) is 0 Å². The van der Waals surface area contributed by atoms with E-state index in [9.17, 15) is 9.59 Å². The van der Waals surface area contributed by atoms with Crippen LogP contribution in [0.4, 0.5) is 5.69 Å². The lowest BCUT2D eigenvalue weighted by Gasteiger charge is -2.37. The molecule has 0 N–H and O–H groups in total. The summed E-state index contributed by atoms with van der Waals surface area (Å²) in [5.74, 6) is 0.0614. The fourth-order valence-corrected chi connectivity index (χ4v) is 4.87. The van der Waals surface area contributed by atoms with Crippen molar-refractivity contribution in [2.24, 2.45) is 0 Å². The first kappa shape index (κ1) is 17.8. The van der Waals surface area contributed by atoms with Crippen LogP contribution in [0.5, 0.6) is 0 Å². The van der Waals surface area contributed by atoms with Crippen LogP contribution in [-0.2, 0) is 9.53 Å². The Balaban J connectivity index is 1.59. The number of thioether (sulfide) groups is 1. The number of amides is 1. The summed E-state index contributed by atoms with van der Waals surface area (Å²) < 4.78 is 5.27. The van der Waals surface area contributed by atoms with Gasteiger partial charge in [0.15, 0.2) is 6.61 Å². The summed E-state index contributed by atoms with van der Waals surface area (Å²) in [5.41, 5.74) is 2.40. The predicted octanol–water partition coefficient (Wildman–Crippen LogP) is 4.79. The van der Waals surface area contributed by atoms with Gasteiger partial charge in [-0.3, -0.25) is 9.69 Å². The molecule has 27 heavy (non-hydrogen) atoms. The zero-order valence-electron chi connectivity index (χ0n) is 14.4. The number of esters is 1. The van der Waals surface area contributed by atoms with Crippen LogP contribution in [0.1, 0.15) is 22.0 Å². The average Bonchev–Trinajstić information content (AvgIpc) is 3.26. The van der Waals surface area contributed by atoms with Crippen molar-refractivity contribution < 1.29 is 14.3 Å². The van der Waals surface area contributed by atoms with Crippen molar-refractivity contribution in [3.05, 3.63) is 82.6 Å². The second kappa shape index (κ2) is 7.98. The van der Waals surface area contributed by atoms with E-state index in [2.05, 4.69) is 0 Å². The Bertz CT molecular complexity index is 941. The van der Waals surface area contributed by atoms with Gasteiger partial charge in [0.1, 0.15) is 0 Å². The van der Waals surface area contributed by atoms with Crippen molar-refractivity contribution in [1.29, 1.82) is 0 Å². The Kier molecular flexibility index (Phi) is 5.27. The fourth-order valence-electron chi connectivity index (χ4n) is 3.08. The number of ether oxygens (including phenoxy) is 1. The Morgan fingerprint density at radius 1 is 1.04 bits per heavy atom. The van der Waals surface area contributed by atoms with Crippen LogP contribution in [0.3, 0.4) is 0 Å². The monoisotopic (exact) mass is 395 g/mol. The molecule has 0 aliphatic carbocycles.